The van der Waals surface area contributed by atoms with Crippen molar-refractivity contribution < 1.29 is 13.2 Å². The van der Waals surface area contributed by atoms with Gasteiger partial charge in [0.15, 0.2) is 0 Å². The predicted molar refractivity (Wildman–Crippen MR) is 97.4 cm³/mol. The maximum atomic E-state index is 12.2. The molecule has 3 rings (SSSR count). The van der Waals surface area contributed by atoms with Crippen LogP contribution in [-0.2, 0) is 27.8 Å². The number of fused-ring (bicyclic) bond motifs is 1. The molecule has 138 valence electrons. The van der Waals surface area contributed by atoms with E-state index < -0.39 is 10.0 Å². The number of nitrogens with two attached hydrogens (primary N) is 1. The van der Waals surface area contributed by atoms with Crippen LogP contribution in [-0.4, -0.2) is 55.6 Å². The summed E-state index contributed by atoms with van der Waals surface area (Å²) in [5, 5.41) is 4.98. The second kappa shape index (κ2) is 7.85. The van der Waals surface area contributed by atoms with Gasteiger partial charge in [0, 0.05) is 38.6 Å². The van der Waals surface area contributed by atoms with Gasteiger partial charge in [-0.25, -0.2) is 13.6 Å². The molecule has 1 saturated heterocycles. The fourth-order valence-corrected chi connectivity index (χ4v) is 4.44. The van der Waals surface area contributed by atoms with Crippen LogP contribution in [0.5, 0.6) is 0 Å². The van der Waals surface area contributed by atoms with Crippen LogP contribution < -0.4 is 5.14 Å². The first-order chi connectivity index (χ1) is 11.9. The molecule has 2 aliphatic rings. The Bertz CT molecular complexity index is 712. The van der Waals surface area contributed by atoms with Crippen molar-refractivity contribution in [1.82, 2.24) is 9.80 Å². The Balaban J connectivity index is 1.45. The standard InChI is InChI=1S/C18H27N3O3S/c19-25(23,24)13-3-6-18(22)20-11-8-17(9-12-20)21-10-7-15-4-1-2-5-16(15)14-21/h1-2,4-5,17H,3,6-14H2,(H2,19,23,24). The van der Waals surface area contributed by atoms with Crippen LogP contribution in [0.4, 0.5) is 0 Å². The van der Waals surface area contributed by atoms with Crippen molar-refractivity contribution in [3.05, 3.63) is 35.4 Å². The predicted octanol–water partition coefficient (Wildman–Crippen LogP) is 1.10. The fourth-order valence-electron chi connectivity index (χ4n) is 3.89. The smallest absolute Gasteiger partial charge is 0.222 e. The molecule has 0 atom stereocenters. The molecule has 1 amide bonds. The van der Waals surface area contributed by atoms with E-state index in [0.717, 1.165) is 45.4 Å². The average Bonchev–Trinajstić information content (AvgIpc) is 2.60. The van der Waals surface area contributed by atoms with Gasteiger partial charge in [0.2, 0.25) is 15.9 Å². The largest absolute Gasteiger partial charge is 0.343 e. The maximum absolute atomic E-state index is 12.2. The fraction of sp³-hybridized carbons (Fsp3) is 0.611. The molecule has 1 aromatic rings. The molecule has 2 aliphatic heterocycles. The van der Waals surface area contributed by atoms with E-state index in [1.807, 2.05) is 4.90 Å². The number of primary sulfonamides is 1. The molecule has 25 heavy (non-hydrogen) atoms. The van der Waals surface area contributed by atoms with E-state index in [0.29, 0.717) is 12.5 Å². The Morgan fingerprint density at radius 1 is 1.12 bits per heavy atom. The minimum Gasteiger partial charge on any atom is -0.343 e. The topological polar surface area (TPSA) is 83.7 Å². The van der Waals surface area contributed by atoms with E-state index in [1.165, 1.54) is 11.1 Å². The van der Waals surface area contributed by atoms with Gasteiger partial charge < -0.3 is 4.90 Å². The van der Waals surface area contributed by atoms with Crippen LogP contribution >= 0.6 is 0 Å². The van der Waals surface area contributed by atoms with E-state index in [9.17, 15) is 13.2 Å². The van der Waals surface area contributed by atoms with Gasteiger partial charge in [0.1, 0.15) is 0 Å². The lowest BCUT2D eigenvalue weighted by molar-refractivity contribution is -0.132. The molecular weight excluding hydrogens is 338 g/mol. The summed E-state index contributed by atoms with van der Waals surface area (Å²) in [5.74, 6) is -0.0753. The second-order valence-corrected chi connectivity index (χ2v) is 8.81. The van der Waals surface area contributed by atoms with Crippen LogP contribution in [0.15, 0.2) is 24.3 Å². The number of sulfonamides is 1. The Morgan fingerprint density at radius 2 is 1.80 bits per heavy atom. The second-order valence-electron chi connectivity index (χ2n) is 7.07. The van der Waals surface area contributed by atoms with Crippen molar-refractivity contribution in [2.24, 2.45) is 5.14 Å². The van der Waals surface area contributed by atoms with Crippen molar-refractivity contribution in [2.45, 2.75) is 44.7 Å². The van der Waals surface area contributed by atoms with Crippen LogP contribution in [0.1, 0.15) is 36.8 Å². The number of hydrogen-bond acceptors (Lipinski definition) is 4. The molecule has 0 bridgehead atoms. The summed E-state index contributed by atoms with van der Waals surface area (Å²) in [6.07, 6.45) is 3.65. The zero-order valence-corrected chi connectivity index (χ0v) is 15.4. The SMILES string of the molecule is NS(=O)(=O)CCCC(=O)N1CCC(N2CCc3ccccc3C2)CC1. The Hall–Kier alpha value is -1.44. The van der Waals surface area contributed by atoms with Crippen molar-refractivity contribution in [3.8, 4) is 0 Å². The summed E-state index contributed by atoms with van der Waals surface area (Å²) in [7, 11) is -3.48. The first kappa shape index (κ1) is 18.4. The van der Waals surface area contributed by atoms with Gasteiger partial charge in [0.25, 0.3) is 0 Å². The van der Waals surface area contributed by atoms with Gasteiger partial charge >= 0.3 is 0 Å². The molecule has 1 fully saturated rings. The van der Waals surface area contributed by atoms with Gasteiger partial charge in [-0.1, -0.05) is 24.3 Å². The number of carbonyl (C=O) groups is 1. The normalized spacial score (nSPS) is 19.6. The molecule has 2 N–H and O–H groups in total. The Labute approximate surface area is 150 Å². The monoisotopic (exact) mass is 365 g/mol. The number of hydrogen-bond donors (Lipinski definition) is 1. The summed E-state index contributed by atoms with van der Waals surface area (Å²) in [6, 6.07) is 9.17. The minimum absolute atomic E-state index is 0.0473. The van der Waals surface area contributed by atoms with Gasteiger partial charge in [-0.15, -0.1) is 0 Å². The summed E-state index contributed by atoms with van der Waals surface area (Å²) in [6.45, 7) is 3.61. The summed E-state index contributed by atoms with van der Waals surface area (Å²) in [4.78, 5) is 16.6. The van der Waals surface area contributed by atoms with Crippen LogP contribution in [0.25, 0.3) is 0 Å². The van der Waals surface area contributed by atoms with Gasteiger partial charge in [0.05, 0.1) is 5.75 Å². The molecule has 0 unspecified atom stereocenters. The van der Waals surface area contributed by atoms with Crippen molar-refractivity contribution >= 4 is 15.9 Å². The maximum Gasteiger partial charge on any atom is 0.222 e. The van der Waals surface area contributed by atoms with Crippen LogP contribution in [0.2, 0.25) is 0 Å². The van der Waals surface area contributed by atoms with E-state index in [2.05, 4.69) is 29.2 Å². The van der Waals surface area contributed by atoms with Crippen LogP contribution in [0.3, 0.4) is 0 Å². The van der Waals surface area contributed by atoms with Gasteiger partial charge in [-0.3, -0.25) is 9.69 Å². The zero-order valence-electron chi connectivity index (χ0n) is 14.6. The molecule has 0 aromatic heterocycles. The Kier molecular flexibility index (Phi) is 5.76. The minimum atomic E-state index is -3.48. The lowest BCUT2D eigenvalue weighted by atomic mass is 9.95. The molecule has 2 heterocycles. The molecule has 1 aromatic carbocycles. The highest BCUT2D eigenvalue weighted by molar-refractivity contribution is 7.89. The zero-order chi connectivity index (χ0) is 17.9. The van der Waals surface area contributed by atoms with E-state index in [4.69, 9.17) is 5.14 Å². The number of piperidine rings is 1. The molecular formula is C18H27N3O3S. The number of benzene rings is 1. The van der Waals surface area contributed by atoms with Crippen molar-refractivity contribution in [3.63, 3.8) is 0 Å². The lowest BCUT2D eigenvalue weighted by Gasteiger charge is -2.40. The first-order valence-corrected chi connectivity index (χ1v) is 10.7. The number of rotatable bonds is 5. The molecule has 0 aliphatic carbocycles. The Morgan fingerprint density at radius 3 is 2.48 bits per heavy atom. The van der Waals surface area contributed by atoms with Crippen molar-refractivity contribution in [2.75, 3.05) is 25.4 Å². The number of amides is 1. The number of carbonyl (C=O) groups excluding carboxylic acids is 1. The molecule has 6 nitrogen and oxygen atoms in total. The third kappa shape index (κ3) is 5.03. The van der Waals surface area contributed by atoms with E-state index in [-0.39, 0.29) is 18.1 Å². The van der Waals surface area contributed by atoms with E-state index in [1.54, 1.807) is 0 Å². The third-order valence-corrected chi connectivity index (χ3v) is 6.17. The average molecular weight is 365 g/mol. The molecule has 0 saturated carbocycles. The lowest BCUT2D eigenvalue weighted by Crippen LogP contribution is -2.48. The number of nitrogens with zero attached hydrogens (tertiary/aromatic N) is 2. The quantitative estimate of drug-likeness (QED) is 0.847. The summed E-state index contributed by atoms with van der Waals surface area (Å²) >= 11 is 0. The third-order valence-electron chi connectivity index (χ3n) is 5.31. The summed E-state index contributed by atoms with van der Waals surface area (Å²) < 4.78 is 21.9. The molecule has 0 spiro atoms. The van der Waals surface area contributed by atoms with E-state index >= 15 is 0 Å². The highest BCUT2D eigenvalue weighted by Gasteiger charge is 2.28. The molecule has 0 radical (unpaired) electrons. The highest BCUT2D eigenvalue weighted by atomic mass is 32.2. The highest BCUT2D eigenvalue weighted by Crippen LogP contribution is 2.25. The number of likely N-dealkylation sites (tertiary alicyclic amines) is 1. The van der Waals surface area contributed by atoms with Gasteiger partial charge in [-0.05, 0) is 36.8 Å². The van der Waals surface area contributed by atoms with Gasteiger partial charge in [-0.2, -0.15) is 0 Å². The molecule has 7 heteroatoms. The van der Waals surface area contributed by atoms with Crippen LogP contribution in [0, 0.1) is 0 Å². The van der Waals surface area contributed by atoms with Crippen molar-refractivity contribution in [1.29, 1.82) is 0 Å². The summed E-state index contributed by atoms with van der Waals surface area (Å²) in [5.41, 5.74) is 2.89. The first-order valence-electron chi connectivity index (χ1n) is 9.01.